The maximum atomic E-state index is 10.7. The molecule has 0 unspecified atom stereocenters. The number of hydrogen-bond donors (Lipinski definition) is 3. The molecule has 0 radical (unpaired) electrons. The average Bonchev–Trinajstić information content (AvgIpc) is 3.77. The summed E-state index contributed by atoms with van der Waals surface area (Å²) in [6.45, 7) is 9.77. The zero-order chi connectivity index (χ0) is 36.6. The van der Waals surface area contributed by atoms with Crippen molar-refractivity contribution >= 4 is 33.7 Å². The number of fused-ring (bicyclic) bond motifs is 2. The molecule has 0 fully saturated rings. The molecule has 0 atom stereocenters. The summed E-state index contributed by atoms with van der Waals surface area (Å²) < 4.78 is 5.74. The molecule has 0 saturated heterocycles. The summed E-state index contributed by atoms with van der Waals surface area (Å²) in [5.74, 6) is 0.557. The first-order valence-corrected chi connectivity index (χ1v) is 18.4. The highest BCUT2D eigenvalue weighted by Gasteiger charge is 2.15. The predicted octanol–water partition coefficient (Wildman–Crippen LogP) is 9.26. The van der Waals surface area contributed by atoms with Gasteiger partial charge in [-0.25, -0.2) is 0 Å². The van der Waals surface area contributed by atoms with Gasteiger partial charge >= 0.3 is 0 Å². The van der Waals surface area contributed by atoms with E-state index in [-0.39, 0.29) is 17.4 Å². The van der Waals surface area contributed by atoms with Crippen LogP contribution < -0.4 is 0 Å². The van der Waals surface area contributed by atoms with E-state index in [0.29, 0.717) is 36.8 Å². The molecule has 0 aliphatic heterocycles. The van der Waals surface area contributed by atoms with Crippen molar-refractivity contribution in [1.82, 2.24) is 30.0 Å². The standard InChI is InChI=1S/C20H25N3O2.C14H12ClN3O.C6H14O/c1-3-4-5-8-11-25-14-16-12-15(2)13-19(20(16)24)23-21-17-9-6-7-10-18(17)22-23;1-9-6-10(8-15)14(19)13(7-9)18-16-11-4-2-3-5-12(11)17-18;1-2-3-4-5-6-7/h6-7,9-10,12-13,24H,3-5,8,11,14H2,1-2H3;2-7,19H,8H2,1H3;7H,2-6H2,1H3. The molecule has 0 aliphatic carbocycles. The summed E-state index contributed by atoms with van der Waals surface area (Å²) in [6.07, 6.45) is 9.38. The number of halogens is 1. The molecule has 51 heavy (non-hydrogen) atoms. The molecule has 6 rings (SSSR count). The molecule has 0 spiro atoms. The molecule has 2 heterocycles. The Hall–Kier alpha value is -4.51. The number of rotatable bonds is 14. The van der Waals surface area contributed by atoms with Crippen LogP contribution in [0.25, 0.3) is 33.4 Å². The third kappa shape index (κ3) is 11.2. The molecule has 10 nitrogen and oxygen atoms in total. The van der Waals surface area contributed by atoms with Crippen molar-refractivity contribution in [2.45, 2.75) is 91.5 Å². The van der Waals surface area contributed by atoms with Crippen LogP contribution in [0, 0.1) is 13.8 Å². The zero-order valence-corrected chi connectivity index (χ0v) is 31.0. The second-order valence-electron chi connectivity index (χ2n) is 12.6. The van der Waals surface area contributed by atoms with Gasteiger partial charge in [-0.05, 0) is 80.3 Å². The molecule has 0 saturated carbocycles. The van der Waals surface area contributed by atoms with Gasteiger partial charge in [-0.3, -0.25) is 0 Å². The van der Waals surface area contributed by atoms with Gasteiger partial charge in [-0.15, -0.1) is 41.6 Å². The minimum Gasteiger partial charge on any atom is -0.505 e. The van der Waals surface area contributed by atoms with Gasteiger partial charge in [0, 0.05) is 24.3 Å². The van der Waals surface area contributed by atoms with Gasteiger partial charge in [-0.2, -0.15) is 0 Å². The number of unbranched alkanes of at least 4 members (excludes halogenated alkanes) is 6. The maximum absolute atomic E-state index is 10.7. The van der Waals surface area contributed by atoms with E-state index >= 15 is 0 Å². The van der Waals surface area contributed by atoms with Gasteiger partial charge in [0.25, 0.3) is 0 Å². The summed E-state index contributed by atoms with van der Waals surface area (Å²) in [5.41, 5.74) is 7.81. The van der Waals surface area contributed by atoms with Crippen molar-refractivity contribution in [3.05, 3.63) is 95.1 Å². The second kappa shape index (κ2) is 20.4. The largest absolute Gasteiger partial charge is 0.505 e. The Balaban J connectivity index is 0.000000198. The molecule has 0 bridgehead atoms. The van der Waals surface area contributed by atoms with Crippen molar-refractivity contribution in [3.63, 3.8) is 0 Å². The van der Waals surface area contributed by atoms with Crippen molar-refractivity contribution in [2.75, 3.05) is 13.2 Å². The summed E-state index contributed by atoms with van der Waals surface area (Å²) in [7, 11) is 0. The Labute approximate surface area is 305 Å². The number of aryl methyl sites for hydroxylation is 2. The number of aromatic nitrogens is 6. The van der Waals surface area contributed by atoms with Gasteiger partial charge in [0.1, 0.15) is 44.9 Å². The van der Waals surface area contributed by atoms with E-state index in [0.717, 1.165) is 51.6 Å². The monoisotopic (exact) mass is 714 g/mol. The van der Waals surface area contributed by atoms with Crippen LogP contribution >= 0.6 is 11.6 Å². The first kappa shape index (κ1) is 39.3. The minimum atomic E-state index is 0.126. The van der Waals surface area contributed by atoms with Crippen LogP contribution in [0.4, 0.5) is 0 Å². The molecule has 2 aromatic heterocycles. The van der Waals surface area contributed by atoms with Crippen molar-refractivity contribution in [1.29, 1.82) is 0 Å². The topological polar surface area (TPSA) is 131 Å². The highest BCUT2D eigenvalue weighted by molar-refractivity contribution is 6.17. The second-order valence-corrected chi connectivity index (χ2v) is 12.8. The molecule has 3 N–H and O–H groups in total. The van der Waals surface area contributed by atoms with Crippen LogP contribution in [0.2, 0.25) is 0 Å². The van der Waals surface area contributed by atoms with Crippen molar-refractivity contribution in [3.8, 4) is 22.9 Å². The van der Waals surface area contributed by atoms with E-state index in [9.17, 15) is 10.2 Å². The van der Waals surface area contributed by atoms with E-state index < -0.39 is 0 Å². The Bertz CT molecular complexity index is 1890. The van der Waals surface area contributed by atoms with Crippen molar-refractivity contribution < 1.29 is 20.1 Å². The number of aliphatic hydroxyl groups excluding tert-OH is 1. The van der Waals surface area contributed by atoms with E-state index in [2.05, 4.69) is 34.2 Å². The van der Waals surface area contributed by atoms with Crippen LogP contribution in [0.1, 0.15) is 87.5 Å². The minimum absolute atomic E-state index is 0.126. The number of aromatic hydroxyl groups is 2. The number of hydrogen-bond acceptors (Lipinski definition) is 8. The first-order chi connectivity index (χ1) is 24.8. The molecule has 6 aromatic rings. The highest BCUT2D eigenvalue weighted by atomic mass is 35.5. The third-order valence-electron chi connectivity index (χ3n) is 8.19. The van der Waals surface area contributed by atoms with Gasteiger partial charge in [0.05, 0.1) is 12.5 Å². The molecular weight excluding hydrogens is 664 g/mol. The lowest BCUT2D eigenvalue weighted by Crippen LogP contribution is -2.03. The fourth-order valence-electron chi connectivity index (χ4n) is 5.47. The first-order valence-electron chi connectivity index (χ1n) is 17.8. The average molecular weight is 715 g/mol. The van der Waals surface area contributed by atoms with Crippen LogP contribution in [0.5, 0.6) is 11.5 Å². The fraction of sp³-hybridized carbons (Fsp3) is 0.400. The van der Waals surface area contributed by atoms with E-state index in [4.69, 9.17) is 21.4 Å². The number of aliphatic hydroxyl groups is 1. The summed E-state index contributed by atoms with van der Waals surface area (Å²) in [5, 5.41) is 46.8. The Kier molecular flexibility index (Phi) is 15.7. The lowest BCUT2D eigenvalue weighted by molar-refractivity contribution is 0.115. The lowest BCUT2D eigenvalue weighted by atomic mass is 10.1. The summed E-state index contributed by atoms with van der Waals surface area (Å²) in [6, 6.07) is 22.8. The van der Waals surface area contributed by atoms with Crippen LogP contribution in [0.15, 0.2) is 72.8 Å². The summed E-state index contributed by atoms with van der Waals surface area (Å²) >= 11 is 5.83. The van der Waals surface area contributed by atoms with Gasteiger partial charge in [0.15, 0.2) is 0 Å². The Morgan fingerprint density at radius 2 is 1.04 bits per heavy atom. The lowest BCUT2D eigenvalue weighted by Gasteiger charge is -2.11. The van der Waals surface area contributed by atoms with Crippen LogP contribution in [0.3, 0.4) is 0 Å². The SMILES string of the molecule is CCCCCCO.CCCCCCOCc1cc(C)cc(-n2nc3ccccc3n2)c1O.Cc1cc(CCl)c(O)c(-n2nc3ccccc3n2)c1. The normalized spacial score (nSPS) is 10.9. The van der Waals surface area contributed by atoms with E-state index in [1.807, 2.05) is 86.6 Å². The number of nitrogens with zero attached hydrogens (tertiary/aromatic N) is 6. The zero-order valence-electron chi connectivity index (χ0n) is 30.2. The molecular formula is C40H51ClN6O4. The Morgan fingerprint density at radius 1 is 0.608 bits per heavy atom. The smallest absolute Gasteiger partial charge is 0.148 e. The fourth-order valence-corrected chi connectivity index (χ4v) is 5.67. The molecule has 272 valence electrons. The van der Waals surface area contributed by atoms with E-state index in [1.165, 1.54) is 48.1 Å². The van der Waals surface area contributed by atoms with Crippen molar-refractivity contribution in [2.24, 2.45) is 0 Å². The molecule has 11 heteroatoms. The van der Waals surface area contributed by atoms with Gasteiger partial charge in [0.2, 0.25) is 0 Å². The van der Waals surface area contributed by atoms with Gasteiger partial charge in [-0.1, -0.05) is 82.7 Å². The number of alkyl halides is 1. The molecule has 0 amide bonds. The number of benzene rings is 4. The molecule has 0 aliphatic rings. The maximum Gasteiger partial charge on any atom is 0.148 e. The van der Waals surface area contributed by atoms with Crippen LogP contribution in [-0.2, 0) is 17.2 Å². The summed E-state index contributed by atoms with van der Waals surface area (Å²) in [4.78, 5) is 2.95. The Morgan fingerprint density at radius 3 is 1.47 bits per heavy atom. The highest BCUT2D eigenvalue weighted by Crippen LogP contribution is 2.30. The molecule has 4 aromatic carbocycles. The van der Waals surface area contributed by atoms with Gasteiger partial charge < -0.3 is 20.1 Å². The predicted molar refractivity (Wildman–Crippen MR) is 205 cm³/mol. The number of ether oxygens (including phenoxy) is 1. The van der Waals surface area contributed by atoms with E-state index in [1.54, 1.807) is 0 Å². The van der Waals surface area contributed by atoms with Crippen LogP contribution in [-0.4, -0.2) is 58.5 Å². The quantitative estimate of drug-likeness (QED) is 0.0752. The third-order valence-corrected chi connectivity index (χ3v) is 8.47. The number of phenols is 2. The number of phenolic OH excluding ortho intramolecular Hbond substituents is 2.